The third-order valence-electron chi connectivity index (χ3n) is 12.1. The van der Waals surface area contributed by atoms with Gasteiger partial charge in [-0.15, -0.1) is 0 Å². The highest BCUT2D eigenvalue weighted by Crippen LogP contribution is 2.53. The molecule has 0 amide bonds. The lowest BCUT2D eigenvalue weighted by Crippen LogP contribution is -2.16. The summed E-state index contributed by atoms with van der Waals surface area (Å²) in [5.41, 5.74) is 17.4. The molecule has 1 aliphatic carbocycles. The zero-order valence-corrected chi connectivity index (χ0v) is 31.9. The van der Waals surface area contributed by atoms with E-state index in [1.165, 1.54) is 55.3 Å². The second kappa shape index (κ2) is 13.0. The first-order valence-corrected chi connectivity index (χ1v) is 19.8. The normalized spacial score (nSPS) is 12.9. The average molecular weight is 730 g/mol. The van der Waals surface area contributed by atoms with Crippen LogP contribution in [0, 0.1) is 0 Å². The van der Waals surface area contributed by atoms with Gasteiger partial charge in [0.15, 0.2) is 0 Å². The number of benzene rings is 9. The van der Waals surface area contributed by atoms with E-state index in [2.05, 4.69) is 207 Å². The van der Waals surface area contributed by atoms with E-state index in [1.54, 1.807) is 0 Å². The minimum Gasteiger partial charge on any atom is -0.455 e. The van der Waals surface area contributed by atoms with Crippen LogP contribution in [0.3, 0.4) is 0 Å². The lowest BCUT2D eigenvalue weighted by atomic mass is 9.82. The first-order chi connectivity index (χ1) is 28.0. The highest BCUT2D eigenvalue weighted by molar-refractivity contribution is 6.09. The molecule has 0 unspecified atom stereocenters. The van der Waals surface area contributed by atoms with Crippen molar-refractivity contribution in [3.05, 3.63) is 211 Å². The molecule has 0 saturated heterocycles. The molecule has 0 N–H and O–H groups in total. The van der Waals surface area contributed by atoms with E-state index in [1.807, 2.05) is 12.1 Å². The highest BCUT2D eigenvalue weighted by Gasteiger charge is 2.37. The molecule has 1 aromatic heterocycles. The maximum absolute atomic E-state index is 6.44. The molecule has 0 bridgehead atoms. The van der Waals surface area contributed by atoms with Gasteiger partial charge >= 0.3 is 0 Å². The van der Waals surface area contributed by atoms with Gasteiger partial charge in [-0.2, -0.15) is 0 Å². The van der Waals surface area contributed by atoms with E-state index < -0.39 is 0 Å². The van der Waals surface area contributed by atoms with Crippen LogP contribution in [-0.2, 0) is 5.41 Å². The first-order valence-electron chi connectivity index (χ1n) is 19.8. The van der Waals surface area contributed by atoms with Crippen LogP contribution in [-0.4, -0.2) is 0 Å². The molecule has 0 fully saturated rings. The third kappa shape index (κ3) is 5.40. The Balaban J connectivity index is 1.03. The molecule has 0 spiro atoms. The van der Waals surface area contributed by atoms with Gasteiger partial charge in [0.2, 0.25) is 0 Å². The first kappa shape index (κ1) is 33.2. The Labute approximate surface area is 332 Å². The van der Waals surface area contributed by atoms with Crippen LogP contribution in [0.15, 0.2) is 205 Å². The Morgan fingerprint density at radius 1 is 0.386 bits per heavy atom. The predicted octanol–water partition coefficient (Wildman–Crippen LogP) is 15.5. The van der Waals surface area contributed by atoms with Crippen molar-refractivity contribution in [2.24, 2.45) is 0 Å². The van der Waals surface area contributed by atoms with Crippen LogP contribution in [0.4, 0.5) is 17.1 Å². The van der Waals surface area contributed by atoms with E-state index in [9.17, 15) is 0 Å². The number of furan rings is 1. The van der Waals surface area contributed by atoms with Gasteiger partial charge in [0, 0.05) is 38.8 Å². The number of para-hydroxylation sites is 2. The number of nitrogens with zero attached hydrogens (tertiary/aromatic N) is 1. The summed E-state index contributed by atoms with van der Waals surface area (Å²) in [6.45, 7) is 4.73. The molecule has 270 valence electrons. The Kier molecular flexibility index (Phi) is 7.55. The lowest BCUT2D eigenvalue weighted by Gasteiger charge is -2.28. The van der Waals surface area contributed by atoms with Gasteiger partial charge in [-0.05, 0) is 109 Å². The standard InChI is InChI=1S/C55H39NO/c1-55(2)50-33-26-38-14-6-7-17-45(38)53(50)49-32-31-44(35-51(49)55)56(42-27-22-37(23-28-42)41-16-10-15-40(34-41)36-12-4-3-5-13-36)43-29-24-39(25-30-43)46-19-11-20-48-47-18-8-9-21-52(47)57-54(46)48/h3-35H,1-2H3. The van der Waals surface area contributed by atoms with Crippen molar-refractivity contribution in [3.63, 3.8) is 0 Å². The van der Waals surface area contributed by atoms with E-state index in [-0.39, 0.29) is 5.41 Å². The van der Waals surface area contributed by atoms with Gasteiger partial charge in [-0.3, -0.25) is 0 Å². The molecule has 10 aromatic rings. The Morgan fingerprint density at radius 2 is 0.982 bits per heavy atom. The van der Waals surface area contributed by atoms with Gasteiger partial charge in [-0.25, -0.2) is 0 Å². The van der Waals surface area contributed by atoms with E-state index in [4.69, 9.17) is 4.42 Å². The second-order valence-electron chi connectivity index (χ2n) is 15.7. The lowest BCUT2D eigenvalue weighted by molar-refractivity contribution is 0.661. The summed E-state index contributed by atoms with van der Waals surface area (Å²) < 4.78 is 6.44. The summed E-state index contributed by atoms with van der Waals surface area (Å²) in [5.74, 6) is 0. The van der Waals surface area contributed by atoms with Crippen molar-refractivity contribution in [1.29, 1.82) is 0 Å². The summed E-state index contributed by atoms with van der Waals surface area (Å²) in [5, 5.41) is 4.87. The molecule has 1 aliphatic rings. The van der Waals surface area contributed by atoms with Crippen LogP contribution in [0.2, 0.25) is 0 Å². The van der Waals surface area contributed by atoms with Crippen LogP contribution in [0.25, 0.3) is 77.2 Å². The van der Waals surface area contributed by atoms with Crippen LogP contribution in [0.1, 0.15) is 25.0 Å². The molecular weight excluding hydrogens is 691 g/mol. The molecule has 9 aromatic carbocycles. The summed E-state index contributed by atoms with van der Waals surface area (Å²) >= 11 is 0. The van der Waals surface area contributed by atoms with Crippen molar-refractivity contribution in [2.45, 2.75) is 19.3 Å². The van der Waals surface area contributed by atoms with E-state index >= 15 is 0 Å². The van der Waals surface area contributed by atoms with Crippen LogP contribution < -0.4 is 4.90 Å². The van der Waals surface area contributed by atoms with Crippen LogP contribution in [0.5, 0.6) is 0 Å². The molecule has 2 heteroatoms. The molecule has 0 radical (unpaired) electrons. The van der Waals surface area contributed by atoms with Crippen molar-refractivity contribution < 1.29 is 4.42 Å². The fourth-order valence-electron chi connectivity index (χ4n) is 9.16. The predicted molar refractivity (Wildman–Crippen MR) is 240 cm³/mol. The largest absolute Gasteiger partial charge is 0.455 e. The van der Waals surface area contributed by atoms with Gasteiger partial charge in [0.25, 0.3) is 0 Å². The molecule has 2 nitrogen and oxygen atoms in total. The molecule has 0 atom stereocenters. The Bertz CT molecular complexity index is 3130. The third-order valence-corrected chi connectivity index (χ3v) is 12.1. The second-order valence-corrected chi connectivity index (χ2v) is 15.7. The van der Waals surface area contributed by atoms with Crippen molar-refractivity contribution >= 4 is 49.8 Å². The number of fused-ring (bicyclic) bond motifs is 8. The van der Waals surface area contributed by atoms with Gasteiger partial charge in [0.1, 0.15) is 11.2 Å². The maximum Gasteiger partial charge on any atom is 0.143 e. The number of anilines is 3. The zero-order chi connectivity index (χ0) is 38.1. The van der Waals surface area contributed by atoms with Gasteiger partial charge in [0.05, 0.1) is 0 Å². The fourth-order valence-corrected chi connectivity index (χ4v) is 9.16. The minimum atomic E-state index is -0.154. The topological polar surface area (TPSA) is 16.4 Å². The SMILES string of the molecule is CC1(C)c2cc(N(c3ccc(-c4cccc(-c5ccccc5)c4)cc3)c3ccc(-c4cccc5c4oc4ccccc45)cc3)ccc2-c2c1ccc1ccccc21. The van der Waals surface area contributed by atoms with Crippen LogP contribution >= 0.6 is 0 Å². The van der Waals surface area contributed by atoms with Crippen molar-refractivity contribution in [2.75, 3.05) is 4.90 Å². The summed E-state index contributed by atoms with van der Waals surface area (Å²) in [7, 11) is 0. The van der Waals surface area contributed by atoms with Crippen molar-refractivity contribution in [3.8, 4) is 44.5 Å². The maximum atomic E-state index is 6.44. The fraction of sp³-hybridized carbons (Fsp3) is 0.0545. The van der Waals surface area contributed by atoms with Gasteiger partial charge in [-0.1, -0.05) is 166 Å². The Morgan fingerprint density at radius 3 is 1.75 bits per heavy atom. The molecule has 57 heavy (non-hydrogen) atoms. The van der Waals surface area contributed by atoms with E-state index in [0.717, 1.165) is 50.1 Å². The average Bonchev–Trinajstić information content (AvgIpc) is 3.76. The molecule has 11 rings (SSSR count). The number of hydrogen-bond donors (Lipinski definition) is 0. The van der Waals surface area contributed by atoms with E-state index in [0.29, 0.717) is 0 Å². The highest BCUT2D eigenvalue weighted by atomic mass is 16.3. The molecule has 0 saturated carbocycles. The molecule has 1 heterocycles. The molecular formula is C55H39NO. The summed E-state index contributed by atoms with van der Waals surface area (Å²) in [4.78, 5) is 2.40. The number of hydrogen-bond acceptors (Lipinski definition) is 2. The molecule has 0 aliphatic heterocycles. The zero-order valence-electron chi connectivity index (χ0n) is 31.9. The Hall–Kier alpha value is -7.16. The minimum absolute atomic E-state index is 0.154. The number of rotatable bonds is 6. The van der Waals surface area contributed by atoms with Gasteiger partial charge < -0.3 is 9.32 Å². The summed E-state index contributed by atoms with van der Waals surface area (Å²) in [6, 6.07) is 72.6. The summed E-state index contributed by atoms with van der Waals surface area (Å²) in [6.07, 6.45) is 0. The monoisotopic (exact) mass is 729 g/mol. The van der Waals surface area contributed by atoms with Crippen molar-refractivity contribution in [1.82, 2.24) is 0 Å². The quantitative estimate of drug-likeness (QED) is 0.169. The smallest absolute Gasteiger partial charge is 0.143 e.